The Morgan fingerprint density at radius 1 is 1.08 bits per heavy atom. The van der Waals surface area contributed by atoms with E-state index < -0.39 is 24.3 Å². The van der Waals surface area contributed by atoms with E-state index in [2.05, 4.69) is 38.1 Å². The number of halogens is 6. The van der Waals surface area contributed by atoms with Crippen LogP contribution in [0.15, 0.2) is 41.4 Å². The zero-order valence-corrected chi connectivity index (χ0v) is 19.9. The summed E-state index contributed by atoms with van der Waals surface area (Å²) in [5, 5.41) is 21.9. The van der Waals surface area contributed by atoms with Gasteiger partial charge in [-0.2, -0.15) is 37.7 Å². The normalized spacial score (nSPS) is 19.2. The van der Waals surface area contributed by atoms with Crippen molar-refractivity contribution in [1.82, 2.24) is 15.2 Å². The molecule has 1 spiro atoms. The Labute approximate surface area is 210 Å². The Kier molecular flexibility index (Phi) is 10.0. The molecule has 1 unspecified atom stereocenters. The van der Waals surface area contributed by atoms with E-state index in [1.165, 1.54) is 11.1 Å². The van der Waals surface area contributed by atoms with Crippen molar-refractivity contribution in [3.05, 3.63) is 52.5 Å². The maximum atomic E-state index is 12.1. The number of carboxylic acid groups (broad SMARTS) is 2. The van der Waals surface area contributed by atoms with E-state index in [4.69, 9.17) is 19.8 Å². The number of aliphatic carboxylic acids is 2. The van der Waals surface area contributed by atoms with E-state index in [0.29, 0.717) is 6.42 Å². The first-order valence-corrected chi connectivity index (χ1v) is 11.6. The monoisotopic (exact) mass is 555 g/mol. The van der Waals surface area contributed by atoms with Gasteiger partial charge >= 0.3 is 24.3 Å². The fourth-order valence-electron chi connectivity index (χ4n) is 4.04. The summed E-state index contributed by atoms with van der Waals surface area (Å²) in [5.74, 6) is -5.07. The van der Waals surface area contributed by atoms with E-state index in [-0.39, 0.29) is 17.4 Å². The van der Waals surface area contributed by atoms with Crippen LogP contribution >= 0.6 is 11.3 Å². The first-order valence-electron chi connectivity index (χ1n) is 10.7. The van der Waals surface area contributed by atoms with Crippen molar-refractivity contribution in [2.45, 2.75) is 49.6 Å². The van der Waals surface area contributed by atoms with Crippen molar-refractivity contribution >= 4 is 29.2 Å². The lowest BCUT2D eigenvalue weighted by Crippen LogP contribution is -2.53. The highest BCUT2D eigenvalue weighted by molar-refractivity contribution is 7.07. The van der Waals surface area contributed by atoms with Gasteiger partial charge in [-0.25, -0.2) is 9.59 Å². The molecule has 2 fully saturated rings. The van der Waals surface area contributed by atoms with Crippen molar-refractivity contribution in [1.29, 1.82) is 0 Å². The summed E-state index contributed by atoms with van der Waals surface area (Å²) < 4.78 is 63.5. The summed E-state index contributed by atoms with van der Waals surface area (Å²) >= 11 is 1.75. The van der Waals surface area contributed by atoms with Gasteiger partial charge < -0.3 is 15.5 Å². The average Bonchev–Trinajstić information content (AvgIpc) is 3.43. The van der Waals surface area contributed by atoms with E-state index in [1.54, 1.807) is 17.5 Å². The van der Waals surface area contributed by atoms with E-state index >= 15 is 0 Å². The second kappa shape index (κ2) is 12.4. The van der Waals surface area contributed by atoms with Gasteiger partial charge in [-0.3, -0.25) is 14.7 Å². The van der Waals surface area contributed by atoms with Gasteiger partial charge in [-0.05, 0) is 46.9 Å². The third kappa shape index (κ3) is 9.00. The number of alkyl halides is 6. The number of piperidine rings is 1. The molecule has 4 heterocycles. The third-order valence-electron chi connectivity index (χ3n) is 5.75. The standard InChI is InChI=1S/C18H21N3OS.2C2HF3O2/c22-17-10-16(15-2-1-6-19-11-15)18(20-17)4-7-21(8-5-18)12-14-3-9-23-13-14;2*3-2(4,5)1(6)7/h1-3,6,9,11,13,16H,4-5,7-8,10,12H2,(H,20,22);2*(H,6,7). The minimum atomic E-state index is -5.08. The highest BCUT2D eigenvalue weighted by atomic mass is 32.1. The largest absolute Gasteiger partial charge is 0.490 e. The van der Waals surface area contributed by atoms with Crippen LogP contribution in [0.3, 0.4) is 0 Å². The molecule has 3 N–H and O–H groups in total. The van der Waals surface area contributed by atoms with Crippen LogP contribution in [0.25, 0.3) is 0 Å². The number of carbonyl (C=O) groups is 3. The molecule has 204 valence electrons. The number of amides is 1. The third-order valence-corrected chi connectivity index (χ3v) is 6.48. The molecule has 0 aromatic carbocycles. The maximum Gasteiger partial charge on any atom is 0.490 e. The lowest BCUT2D eigenvalue weighted by molar-refractivity contribution is -0.193. The zero-order valence-electron chi connectivity index (χ0n) is 19.1. The number of likely N-dealkylation sites (tertiary alicyclic amines) is 1. The number of carboxylic acids is 2. The summed E-state index contributed by atoms with van der Waals surface area (Å²) in [6, 6.07) is 6.28. The van der Waals surface area contributed by atoms with Crippen LogP contribution in [-0.2, 0) is 20.9 Å². The predicted octanol–water partition coefficient (Wildman–Crippen LogP) is 4.05. The van der Waals surface area contributed by atoms with E-state index in [9.17, 15) is 31.1 Å². The molecule has 37 heavy (non-hydrogen) atoms. The predicted molar refractivity (Wildman–Crippen MR) is 119 cm³/mol. The Morgan fingerprint density at radius 3 is 2.08 bits per heavy atom. The Balaban J connectivity index is 0.000000286. The molecule has 4 rings (SSSR count). The Morgan fingerprint density at radius 2 is 1.65 bits per heavy atom. The van der Waals surface area contributed by atoms with Gasteiger partial charge in [0, 0.05) is 49.9 Å². The number of nitrogens with one attached hydrogen (secondary N) is 1. The number of nitrogens with zero attached hydrogens (tertiary/aromatic N) is 2. The van der Waals surface area contributed by atoms with Gasteiger partial charge in [-0.1, -0.05) is 6.07 Å². The number of thiophene rings is 1. The molecule has 2 aliphatic heterocycles. The van der Waals surface area contributed by atoms with Crippen LogP contribution in [-0.4, -0.2) is 68.9 Å². The average molecular weight is 555 g/mol. The molecule has 0 saturated carbocycles. The molecule has 0 radical (unpaired) electrons. The number of carbonyl (C=O) groups excluding carboxylic acids is 1. The highest BCUT2D eigenvalue weighted by Crippen LogP contribution is 2.43. The summed E-state index contributed by atoms with van der Waals surface area (Å²) in [7, 11) is 0. The first-order chi connectivity index (χ1) is 17.1. The fourth-order valence-corrected chi connectivity index (χ4v) is 4.70. The molecule has 2 aromatic rings. The molecule has 0 aliphatic carbocycles. The van der Waals surface area contributed by atoms with Gasteiger partial charge in [0.1, 0.15) is 0 Å². The molecule has 1 atom stereocenters. The zero-order chi connectivity index (χ0) is 27.9. The van der Waals surface area contributed by atoms with Gasteiger partial charge in [0.25, 0.3) is 0 Å². The molecule has 1 amide bonds. The van der Waals surface area contributed by atoms with E-state index in [1.807, 2.05) is 12.3 Å². The van der Waals surface area contributed by atoms with Gasteiger partial charge in [0.2, 0.25) is 5.91 Å². The van der Waals surface area contributed by atoms with Gasteiger partial charge in [-0.15, -0.1) is 0 Å². The van der Waals surface area contributed by atoms with Crippen LogP contribution in [0.4, 0.5) is 26.3 Å². The molecule has 2 aliphatic rings. The molecule has 15 heteroatoms. The maximum absolute atomic E-state index is 12.1. The summed E-state index contributed by atoms with van der Waals surface area (Å²) in [5.41, 5.74) is 2.51. The smallest absolute Gasteiger partial charge is 0.475 e. The second-order valence-electron chi connectivity index (χ2n) is 8.26. The minimum Gasteiger partial charge on any atom is -0.475 e. The SMILES string of the molecule is O=C(O)C(F)(F)F.O=C(O)C(F)(F)F.O=C1CC(c2cccnc2)C2(CCN(Cc3ccsc3)CC2)N1. The summed E-state index contributed by atoms with van der Waals surface area (Å²) in [4.78, 5) is 36.6. The second-order valence-corrected chi connectivity index (χ2v) is 9.04. The number of hydrogen-bond acceptors (Lipinski definition) is 6. The van der Waals surface area contributed by atoms with Crippen LogP contribution in [0.1, 0.15) is 36.3 Å². The van der Waals surface area contributed by atoms with Crippen LogP contribution in [0, 0.1) is 0 Å². The van der Waals surface area contributed by atoms with Crippen molar-refractivity contribution in [3.63, 3.8) is 0 Å². The lowest BCUT2D eigenvalue weighted by atomic mass is 9.74. The number of pyridine rings is 1. The topological polar surface area (TPSA) is 120 Å². The summed E-state index contributed by atoms with van der Waals surface area (Å²) in [6.45, 7) is 3.09. The highest BCUT2D eigenvalue weighted by Gasteiger charge is 2.48. The molecule has 0 bridgehead atoms. The summed E-state index contributed by atoms with van der Waals surface area (Å²) in [6.07, 6.45) is -3.82. The van der Waals surface area contributed by atoms with Crippen molar-refractivity contribution in [3.8, 4) is 0 Å². The molecular weight excluding hydrogens is 532 g/mol. The Hall–Kier alpha value is -3.20. The van der Waals surface area contributed by atoms with Crippen LogP contribution in [0.2, 0.25) is 0 Å². The number of hydrogen-bond donors (Lipinski definition) is 3. The molecule has 2 aromatic heterocycles. The van der Waals surface area contributed by atoms with Crippen molar-refractivity contribution in [2.24, 2.45) is 0 Å². The van der Waals surface area contributed by atoms with Crippen molar-refractivity contribution in [2.75, 3.05) is 13.1 Å². The van der Waals surface area contributed by atoms with Gasteiger partial charge in [0.05, 0.1) is 0 Å². The minimum absolute atomic E-state index is 0.0781. The fraction of sp³-hybridized carbons (Fsp3) is 0.455. The van der Waals surface area contributed by atoms with Crippen LogP contribution < -0.4 is 5.32 Å². The quantitative estimate of drug-likeness (QED) is 0.489. The van der Waals surface area contributed by atoms with E-state index in [0.717, 1.165) is 32.5 Å². The lowest BCUT2D eigenvalue weighted by Gasteiger charge is -2.42. The number of aromatic nitrogens is 1. The molecule has 2 saturated heterocycles. The number of rotatable bonds is 3. The van der Waals surface area contributed by atoms with Crippen molar-refractivity contribution < 1.29 is 50.9 Å². The molecular formula is C22H23F6N3O5S. The van der Waals surface area contributed by atoms with Gasteiger partial charge in [0.15, 0.2) is 0 Å². The van der Waals surface area contributed by atoms with Crippen LogP contribution in [0.5, 0.6) is 0 Å². The Bertz CT molecular complexity index is 1020. The first kappa shape index (κ1) is 30.0. The molecule has 8 nitrogen and oxygen atoms in total.